The van der Waals surface area contributed by atoms with Crippen LogP contribution in [0.4, 0.5) is 5.13 Å². The lowest BCUT2D eigenvalue weighted by molar-refractivity contribution is -0.150. The van der Waals surface area contributed by atoms with Gasteiger partial charge < -0.3 is 41.2 Å². The molecule has 51 heavy (non-hydrogen) atoms. The van der Waals surface area contributed by atoms with Crippen LogP contribution in [-0.2, 0) is 24.0 Å². The van der Waals surface area contributed by atoms with Gasteiger partial charge in [0.05, 0.1) is 27.1 Å². The molecule has 5 rings (SSSR count). The number of thioether (sulfide) groups is 1. The van der Waals surface area contributed by atoms with E-state index in [9.17, 15) is 44.4 Å². The van der Waals surface area contributed by atoms with E-state index >= 15 is 0 Å². The summed E-state index contributed by atoms with van der Waals surface area (Å²) >= 11 is 10.5. The Morgan fingerprint density at radius 2 is 1.98 bits per heavy atom. The van der Waals surface area contributed by atoms with Gasteiger partial charge in [0.1, 0.15) is 22.8 Å². The number of nitrogens with zero attached hydrogens (tertiary/aromatic N) is 6. The third kappa shape index (κ3) is 7.93. The van der Waals surface area contributed by atoms with Crippen LogP contribution in [0.3, 0.4) is 0 Å². The summed E-state index contributed by atoms with van der Waals surface area (Å²) in [7, 11) is 0. The first-order valence-electron chi connectivity index (χ1n) is 14.9. The Labute approximate surface area is 315 Å². The maximum atomic E-state index is 13.4. The normalized spacial score (nSPS) is 21.5. The number of aromatic hydroxyl groups is 2. The zero-order chi connectivity index (χ0) is 37.1. The smallest absolute Gasteiger partial charge is 0.352 e. The van der Waals surface area contributed by atoms with Crippen LogP contribution in [0.5, 0.6) is 11.5 Å². The first-order valence-corrected chi connectivity index (χ1v) is 18.4. The number of nitrogens with two attached hydrogens (primary N) is 1. The van der Waals surface area contributed by atoms with Gasteiger partial charge in [0.2, 0.25) is 6.10 Å². The van der Waals surface area contributed by atoms with Gasteiger partial charge in [-0.25, -0.2) is 14.6 Å². The SMILES string of the molecule is N#CC[C@H](O/N=C(\C(=O)N[C@@H]1C(=O)N2C(C(=O)O)=C(CN3CC[C@@H](I)N(C(=O)c4ccc(O)c(O)c4Cl)CC3)CS[C@H]12)c1csc(N)n1)C(=O)O. The van der Waals surface area contributed by atoms with Gasteiger partial charge in [0, 0.05) is 37.3 Å². The minimum absolute atomic E-state index is 0.0238. The number of β-lactam (4-membered cyclic amide) rings is 1. The molecule has 0 radical (unpaired) electrons. The quantitative estimate of drug-likeness (QED) is 0.0353. The van der Waals surface area contributed by atoms with Gasteiger partial charge in [-0.1, -0.05) is 39.3 Å². The van der Waals surface area contributed by atoms with E-state index in [1.807, 2.05) is 4.90 Å². The highest BCUT2D eigenvalue weighted by Crippen LogP contribution is 2.41. The van der Waals surface area contributed by atoms with Crippen LogP contribution >= 0.6 is 57.3 Å². The van der Waals surface area contributed by atoms with E-state index in [4.69, 9.17) is 27.4 Å². The van der Waals surface area contributed by atoms with Crippen LogP contribution in [0.25, 0.3) is 0 Å². The molecule has 22 heteroatoms. The highest BCUT2D eigenvalue weighted by atomic mass is 127. The van der Waals surface area contributed by atoms with Crippen molar-refractivity contribution in [2.24, 2.45) is 5.16 Å². The summed E-state index contributed by atoms with van der Waals surface area (Å²) in [6.07, 6.45) is -1.74. The summed E-state index contributed by atoms with van der Waals surface area (Å²) < 4.78 is -0.271. The van der Waals surface area contributed by atoms with Gasteiger partial charge in [-0.2, -0.15) is 5.26 Å². The second-order valence-corrected chi connectivity index (χ2v) is 15.0. The predicted octanol–water partition coefficient (Wildman–Crippen LogP) is 1.23. The number of hydrogen-bond acceptors (Lipinski definition) is 15. The Balaban J connectivity index is 1.29. The molecule has 2 aromatic rings. The van der Waals surface area contributed by atoms with Crippen LogP contribution in [0.2, 0.25) is 5.02 Å². The Hall–Kier alpha value is -4.37. The largest absolute Gasteiger partial charge is 0.504 e. The minimum atomic E-state index is -1.69. The van der Waals surface area contributed by atoms with Crippen molar-refractivity contribution in [2.75, 3.05) is 37.7 Å². The molecular weight excluding hydrogens is 847 g/mol. The van der Waals surface area contributed by atoms with Crippen LogP contribution in [0.1, 0.15) is 28.9 Å². The van der Waals surface area contributed by atoms with Gasteiger partial charge in [-0.05, 0) is 24.1 Å². The number of amides is 3. The van der Waals surface area contributed by atoms with Crippen molar-refractivity contribution in [3.63, 3.8) is 0 Å². The number of phenolic OH excluding ortho intramolecular Hbond substituents is 2. The fourth-order valence-corrected chi connectivity index (χ4v) is 8.39. The zero-order valence-electron chi connectivity index (χ0n) is 26.1. The third-order valence-electron chi connectivity index (χ3n) is 8.02. The second-order valence-electron chi connectivity index (χ2n) is 11.2. The summed E-state index contributed by atoms with van der Waals surface area (Å²) in [5.74, 6) is -5.78. The van der Waals surface area contributed by atoms with E-state index in [1.54, 1.807) is 11.0 Å². The molecule has 2 saturated heterocycles. The van der Waals surface area contributed by atoms with Crippen LogP contribution in [0.15, 0.2) is 33.9 Å². The van der Waals surface area contributed by atoms with E-state index in [0.29, 0.717) is 25.1 Å². The van der Waals surface area contributed by atoms with Gasteiger partial charge in [0.25, 0.3) is 17.7 Å². The number of hydrogen-bond donors (Lipinski definition) is 6. The molecule has 0 aliphatic carbocycles. The van der Waals surface area contributed by atoms with Crippen molar-refractivity contribution >= 4 is 97.8 Å². The van der Waals surface area contributed by atoms with Gasteiger partial charge in [-0.3, -0.25) is 24.2 Å². The summed E-state index contributed by atoms with van der Waals surface area (Å²) in [5, 5.41) is 54.6. The Morgan fingerprint density at radius 3 is 2.63 bits per heavy atom. The molecule has 0 saturated carbocycles. The number of alkyl halides is 1. The van der Waals surface area contributed by atoms with Crippen molar-refractivity contribution in [2.45, 2.75) is 34.4 Å². The lowest BCUT2D eigenvalue weighted by Crippen LogP contribution is -2.71. The Kier molecular flexibility index (Phi) is 11.8. The second kappa shape index (κ2) is 15.9. The summed E-state index contributed by atoms with van der Waals surface area (Å²) in [6, 6.07) is 2.98. The number of carbonyl (C=O) groups is 5. The molecule has 7 N–H and O–H groups in total. The molecule has 1 aromatic heterocycles. The summed E-state index contributed by atoms with van der Waals surface area (Å²) in [5.41, 5.74) is 5.39. The molecule has 0 spiro atoms. The average molecular weight is 875 g/mol. The predicted molar refractivity (Wildman–Crippen MR) is 190 cm³/mol. The van der Waals surface area contributed by atoms with E-state index in [-0.39, 0.29) is 50.0 Å². The molecule has 4 heterocycles. The topological polar surface area (TPSA) is 272 Å². The van der Waals surface area contributed by atoms with Crippen molar-refractivity contribution in [1.29, 1.82) is 5.26 Å². The number of benzene rings is 1. The van der Waals surface area contributed by atoms with Crippen LogP contribution in [0, 0.1) is 11.3 Å². The lowest BCUT2D eigenvalue weighted by Gasteiger charge is -2.49. The molecule has 2 fully saturated rings. The molecule has 3 aliphatic heterocycles. The number of aromatic nitrogens is 1. The van der Waals surface area contributed by atoms with Crippen LogP contribution < -0.4 is 11.1 Å². The van der Waals surface area contributed by atoms with Gasteiger partial charge in [-0.15, -0.1) is 23.1 Å². The van der Waals surface area contributed by atoms with Crippen molar-refractivity contribution in [3.05, 3.63) is 45.1 Å². The van der Waals surface area contributed by atoms with E-state index < -0.39 is 70.8 Å². The number of halogens is 2. The Morgan fingerprint density at radius 1 is 1.24 bits per heavy atom. The van der Waals surface area contributed by atoms with Crippen molar-refractivity contribution < 1.29 is 49.2 Å². The first-order chi connectivity index (χ1) is 24.2. The maximum absolute atomic E-state index is 13.4. The number of nitrogens with one attached hydrogen (secondary N) is 1. The number of nitrogen functional groups attached to an aromatic ring is 1. The maximum Gasteiger partial charge on any atom is 0.352 e. The number of oxime groups is 1. The van der Waals surface area contributed by atoms with Crippen molar-refractivity contribution in [1.82, 2.24) is 25.0 Å². The number of fused-ring (bicyclic) bond motifs is 1. The molecule has 270 valence electrons. The number of carboxylic acids is 2. The monoisotopic (exact) mass is 874 g/mol. The zero-order valence-corrected chi connectivity index (χ0v) is 30.6. The molecule has 0 bridgehead atoms. The first kappa shape index (κ1) is 37.9. The fraction of sp³-hybridized carbons (Fsp3) is 0.379. The summed E-state index contributed by atoms with van der Waals surface area (Å²) in [6.45, 7) is 1.27. The Bertz CT molecular complexity index is 1890. The van der Waals surface area contributed by atoms with Gasteiger partial charge in [0.15, 0.2) is 22.3 Å². The molecule has 3 aliphatic rings. The number of carbonyl (C=O) groups excluding carboxylic acids is 3. The van der Waals surface area contributed by atoms with E-state index in [1.165, 1.54) is 29.3 Å². The number of nitriles is 1. The third-order valence-corrected chi connectivity index (χ3v) is 11.7. The molecule has 0 unspecified atom stereocenters. The number of rotatable bonds is 11. The molecule has 1 aromatic carbocycles. The van der Waals surface area contributed by atoms with Crippen LogP contribution in [-0.4, -0.2) is 129 Å². The standard InChI is InChI=1S/C29H28ClIN8O10S2/c30-18-13(1-2-15(40)22(18)41)24(43)38-8-7-37(6-4-17(38)31)9-12-10-50-26-20(25(44)39(26)21(12)28(47)48)35-23(42)19(14-11-51-29(33)34-14)36-49-16(3-5-32)27(45)46/h1-2,11,16-17,20,26,40-41H,3-4,6-10H2,(H2,33,34)(H,35,42)(H,45,46)(H,47,48)/b36-19-/t16-,17-,20+,26+/m0/s1. The number of phenols is 2. The number of thiazole rings is 1. The highest BCUT2D eigenvalue weighted by Gasteiger charge is 2.54. The molecule has 3 amide bonds. The highest BCUT2D eigenvalue weighted by molar-refractivity contribution is 14.1. The van der Waals surface area contributed by atoms with Crippen molar-refractivity contribution in [3.8, 4) is 17.6 Å². The van der Waals surface area contributed by atoms with E-state index in [2.05, 4.69) is 38.0 Å². The number of carboxylic acid groups (broad SMARTS) is 2. The minimum Gasteiger partial charge on any atom is -0.504 e. The molecular formula is C29H28ClIN8O10S2. The lowest BCUT2D eigenvalue weighted by atomic mass is 10.0. The number of aliphatic carboxylic acids is 2. The summed E-state index contributed by atoms with van der Waals surface area (Å²) in [4.78, 5) is 77.6. The molecule has 4 atom stereocenters. The van der Waals surface area contributed by atoms with Gasteiger partial charge >= 0.3 is 11.9 Å². The number of anilines is 1. The molecule has 18 nitrogen and oxygen atoms in total. The fourth-order valence-electron chi connectivity index (χ4n) is 5.46. The van der Waals surface area contributed by atoms with E-state index in [0.717, 1.165) is 16.2 Å². The average Bonchev–Trinajstić information content (AvgIpc) is 3.43.